The molecule has 0 saturated carbocycles. The highest BCUT2D eigenvalue weighted by molar-refractivity contribution is 5.91. The summed E-state index contributed by atoms with van der Waals surface area (Å²) < 4.78 is 10.6. The highest BCUT2D eigenvalue weighted by atomic mass is 16.5. The highest BCUT2D eigenvalue weighted by Gasteiger charge is 2.12. The van der Waals surface area contributed by atoms with Crippen LogP contribution in [0.5, 0.6) is 11.5 Å². The van der Waals surface area contributed by atoms with Crippen LogP contribution in [0.3, 0.4) is 0 Å². The van der Waals surface area contributed by atoms with Gasteiger partial charge in [0.2, 0.25) is 0 Å². The summed E-state index contributed by atoms with van der Waals surface area (Å²) in [5.74, 6) is 1.48. The van der Waals surface area contributed by atoms with Gasteiger partial charge in [-0.2, -0.15) is 0 Å². The van der Waals surface area contributed by atoms with E-state index in [2.05, 4.69) is 12.2 Å². The minimum Gasteiger partial charge on any atom is -0.493 e. The van der Waals surface area contributed by atoms with Crippen LogP contribution in [0.4, 0.5) is 5.69 Å². The molecule has 2 aromatic carbocycles. The van der Waals surface area contributed by atoms with Crippen molar-refractivity contribution in [1.29, 1.82) is 0 Å². The maximum absolute atomic E-state index is 12.2. The average Bonchev–Trinajstić information content (AvgIpc) is 2.62. The Labute approximate surface area is 155 Å². The van der Waals surface area contributed by atoms with Crippen LogP contribution in [0.2, 0.25) is 0 Å². The van der Waals surface area contributed by atoms with Crippen LogP contribution in [-0.4, -0.2) is 40.3 Å². The summed E-state index contributed by atoms with van der Waals surface area (Å²) >= 11 is 0. The number of anilines is 1. The second-order valence-corrected chi connectivity index (χ2v) is 6.67. The van der Waals surface area contributed by atoms with Crippen LogP contribution >= 0.6 is 0 Å². The van der Waals surface area contributed by atoms with Crippen LogP contribution in [0.15, 0.2) is 36.4 Å². The minimum absolute atomic E-state index is 0.0260. The molecule has 1 atom stereocenters. The molecular formula is C21H29N2O3+. The lowest BCUT2D eigenvalue weighted by Crippen LogP contribution is -3.10. The van der Waals surface area contributed by atoms with Gasteiger partial charge in [0.25, 0.3) is 5.91 Å². The van der Waals surface area contributed by atoms with Crippen LogP contribution in [0.1, 0.15) is 16.7 Å². The fraction of sp³-hybridized carbons (Fsp3) is 0.381. The predicted octanol–water partition coefficient (Wildman–Crippen LogP) is 2.02. The van der Waals surface area contributed by atoms with Gasteiger partial charge in [0.15, 0.2) is 18.0 Å². The monoisotopic (exact) mass is 357 g/mol. The molecule has 2 N–H and O–H groups in total. The molecule has 0 saturated heterocycles. The number of likely N-dealkylation sites (N-methyl/N-ethyl adjacent to an activating group) is 1. The standard InChI is InChI=1S/C21H28N2O3/c1-15-6-8-18(12-16(15)2)22-21(24)14-23(3)11-10-17-7-9-19(25-4)20(13-17)26-5/h6-9,12-13H,10-11,14H2,1-5H3,(H,22,24)/p+1. The van der Waals surface area contributed by atoms with Crippen molar-refractivity contribution in [2.75, 3.05) is 39.7 Å². The number of methoxy groups -OCH3 is 2. The second-order valence-electron chi connectivity index (χ2n) is 6.67. The van der Waals surface area contributed by atoms with Gasteiger partial charge in [-0.3, -0.25) is 4.79 Å². The van der Waals surface area contributed by atoms with Crippen LogP contribution in [0, 0.1) is 13.8 Å². The molecule has 0 aromatic heterocycles. The Kier molecular flexibility index (Phi) is 7.04. The minimum atomic E-state index is 0.0260. The van der Waals surface area contributed by atoms with Crippen molar-refractivity contribution in [2.45, 2.75) is 20.3 Å². The zero-order chi connectivity index (χ0) is 19.1. The van der Waals surface area contributed by atoms with Gasteiger partial charge in [0.1, 0.15) is 0 Å². The predicted molar refractivity (Wildman–Crippen MR) is 104 cm³/mol. The fourth-order valence-corrected chi connectivity index (χ4v) is 2.78. The number of amides is 1. The molecule has 0 aliphatic carbocycles. The van der Waals surface area contributed by atoms with E-state index in [0.29, 0.717) is 6.54 Å². The first kappa shape index (κ1) is 19.8. The van der Waals surface area contributed by atoms with E-state index in [1.165, 1.54) is 11.1 Å². The van der Waals surface area contributed by atoms with E-state index in [9.17, 15) is 4.79 Å². The number of aryl methyl sites for hydroxylation is 2. The summed E-state index contributed by atoms with van der Waals surface area (Å²) in [6.45, 7) is 5.40. The summed E-state index contributed by atoms with van der Waals surface area (Å²) in [5, 5.41) is 2.98. The number of benzene rings is 2. The molecule has 1 unspecified atom stereocenters. The number of carbonyl (C=O) groups excluding carboxylic acids is 1. The third-order valence-corrected chi connectivity index (χ3v) is 4.54. The zero-order valence-corrected chi connectivity index (χ0v) is 16.3. The quantitative estimate of drug-likeness (QED) is 0.760. The van der Waals surface area contributed by atoms with E-state index in [1.807, 2.05) is 50.4 Å². The van der Waals surface area contributed by atoms with Crippen molar-refractivity contribution in [3.8, 4) is 11.5 Å². The lowest BCUT2D eigenvalue weighted by molar-refractivity contribution is -0.870. The topological polar surface area (TPSA) is 52.0 Å². The molecule has 5 heteroatoms. The van der Waals surface area contributed by atoms with Crippen molar-refractivity contribution in [3.05, 3.63) is 53.1 Å². The zero-order valence-electron chi connectivity index (χ0n) is 16.3. The average molecular weight is 357 g/mol. The summed E-state index contributed by atoms with van der Waals surface area (Å²) in [7, 11) is 5.29. The molecule has 0 aliphatic heterocycles. The van der Waals surface area contributed by atoms with Crippen molar-refractivity contribution < 1.29 is 19.2 Å². The summed E-state index contributed by atoms with van der Waals surface area (Å²) in [6.07, 6.45) is 0.864. The molecular weight excluding hydrogens is 328 g/mol. The number of rotatable bonds is 8. The third-order valence-electron chi connectivity index (χ3n) is 4.54. The highest BCUT2D eigenvalue weighted by Crippen LogP contribution is 2.27. The van der Waals surface area contributed by atoms with Gasteiger partial charge in [-0.25, -0.2) is 0 Å². The number of ether oxygens (including phenoxy) is 2. The fourth-order valence-electron chi connectivity index (χ4n) is 2.78. The Bertz CT molecular complexity index is 759. The van der Waals surface area contributed by atoms with Gasteiger partial charge in [-0.1, -0.05) is 12.1 Å². The van der Waals surface area contributed by atoms with Gasteiger partial charge in [0.05, 0.1) is 27.8 Å². The number of carbonyl (C=O) groups is 1. The molecule has 0 aliphatic rings. The van der Waals surface area contributed by atoms with Crippen molar-refractivity contribution >= 4 is 11.6 Å². The number of hydrogen-bond acceptors (Lipinski definition) is 3. The first-order valence-electron chi connectivity index (χ1n) is 8.82. The maximum Gasteiger partial charge on any atom is 0.279 e. The van der Waals surface area contributed by atoms with Gasteiger partial charge in [-0.15, -0.1) is 0 Å². The molecule has 0 heterocycles. The molecule has 140 valence electrons. The van der Waals surface area contributed by atoms with Gasteiger partial charge < -0.3 is 19.7 Å². The Hall–Kier alpha value is -2.53. The number of quaternary nitrogens is 1. The molecule has 26 heavy (non-hydrogen) atoms. The molecule has 2 rings (SSSR count). The first-order chi connectivity index (χ1) is 12.4. The Morgan fingerprint density at radius 2 is 1.73 bits per heavy atom. The van der Waals surface area contributed by atoms with E-state index < -0.39 is 0 Å². The van der Waals surface area contributed by atoms with E-state index in [4.69, 9.17) is 9.47 Å². The summed E-state index contributed by atoms with van der Waals surface area (Å²) in [5.41, 5.74) is 4.42. The molecule has 2 aromatic rings. The second kappa shape index (κ2) is 9.25. The molecule has 0 fully saturated rings. The Morgan fingerprint density at radius 1 is 1.00 bits per heavy atom. The molecule has 0 radical (unpaired) electrons. The normalized spacial score (nSPS) is 11.7. The Balaban J connectivity index is 1.85. The van der Waals surface area contributed by atoms with E-state index >= 15 is 0 Å². The van der Waals surface area contributed by atoms with Crippen molar-refractivity contribution in [3.63, 3.8) is 0 Å². The SMILES string of the molecule is COc1ccc(CC[NH+](C)CC(=O)Nc2ccc(C)c(C)c2)cc1OC. The largest absolute Gasteiger partial charge is 0.493 e. The van der Waals surface area contributed by atoms with Gasteiger partial charge >= 0.3 is 0 Å². The lowest BCUT2D eigenvalue weighted by Gasteiger charge is -2.15. The third kappa shape index (κ3) is 5.49. The van der Waals surface area contributed by atoms with Crippen LogP contribution in [-0.2, 0) is 11.2 Å². The number of hydrogen-bond donors (Lipinski definition) is 2. The molecule has 5 nitrogen and oxygen atoms in total. The maximum atomic E-state index is 12.2. The lowest BCUT2D eigenvalue weighted by atomic mass is 10.1. The van der Waals surface area contributed by atoms with E-state index in [1.54, 1.807) is 14.2 Å². The van der Waals surface area contributed by atoms with Crippen molar-refractivity contribution in [1.82, 2.24) is 0 Å². The van der Waals surface area contributed by atoms with Gasteiger partial charge in [-0.05, 0) is 54.8 Å². The Morgan fingerprint density at radius 3 is 2.38 bits per heavy atom. The first-order valence-corrected chi connectivity index (χ1v) is 8.82. The van der Waals surface area contributed by atoms with Gasteiger partial charge in [0, 0.05) is 12.1 Å². The molecule has 0 bridgehead atoms. The van der Waals surface area contributed by atoms with Crippen molar-refractivity contribution in [2.24, 2.45) is 0 Å². The van der Waals surface area contributed by atoms with E-state index in [0.717, 1.165) is 40.6 Å². The summed E-state index contributed by atoms with van der Waals surface area (Å²) in [4.78, 5) is 13.4. The van der Waals surface area contributed by atoms with Crippen LogP contribution < -0.4 is 19.7 Å². The molecule has 1 amide bonds. The molecule has 0 spiro atoms. The summed E-state index contributed by atoms with van der Waals surface area (Å²) in [6, 6.07) is 11.9. The van der Waals surface area contributed by atoms with E-state index in [-0.39, 0.29) is 5.91 Å². The number of nitrogens with one attached hydrogen (secondary N) is 2. The smallest absolute Gasteiger partial charge is 0.279 e. The van der Waals surface area contributed by atoms with Crippen LogP contribution in [0.25, 0.3) is 0 Å².